The number of nitrogens with zero attached hydrogens (tertiary/aromatic N) is 4. The van der Waals surface area contributed by atoms with E-state index in [1.165, 1.54) is 30.3 Å². The third-order valence-corrected chi connectivity index (χ3v) is 35.9. The molecular weight excluding hydrogens is 1580 g/mol. The van der Waals surface area contributed by atoms with Crippen molar-refractivity contribution >= 4 is 70.0 Å². The van der Waals surface area contributed by atoms with Gasteiger partial charge in [-0.1, -0.05) is 177 Å². The van der Waals surface area contributed by atoms with Gasteiger partial charge in [-0.15, -0.1) is 0 Å². The second kappa shape index (κ2) is 44.4. The zero-order valence-electron chi connectivity index (χ0n) is 65.0. The van der Waals surface area contributed by atoms with Crippen LogP contribution >= 0.6 is 0 Å². The Morgan fingerprint density at radius 2 is 0.447 bits per heavy atom. The molecule has 10 nitrogen and oxygen atoms in total. The second-order valence-electron chi connectivity index (χ2n) is 31.2. The van der Waals surface area contributed by atoms with Crippen molar-refractivity contribution in [3.05, 3.63) is 192 Å². The predicted octanol–water partition coefficient (Wildman–Crippen LogP) is 23.5. The molecule has 0 saturated heterocycles. The van der Waals surface area contributed by atoms with Gasteiger partial charge in [0, 0.05) is 21.1 Å². The minimum absolute atomic E-state index is 0. The number of anilines is 1. The standard InChI is InChI=1S/C11H10N.4C9H9N.5C6H16OSi.2W/c1-4-8-12-11-9(2)6-5-7-10(11)3;4*1-7-5-4-6-8(2)9(7)10-3;5*1-6(2,3)8(4,5)7;;/h5-7,12H,2-3H3;4*4-6H,1-2H3;5*7H,1-5H3;;/q;;;;;;;;;;;-1. The predicted molar refractivity (Wildman–Crippen MR) is 417 cm³/mol. The van der Waals surface area contributed by atoms with Gasteiger partial charge in [0.05, 0.1) is 26.3 Å². The molecule has 0 fully saturated rings. The van der Waals surface area contributed by atoms with E-state index in [2.05, 4.69) is 171 Å². The Morgan fingerprint density at radius 1 is 0.319 bits per heavy atom. The molecule has 0 saturated carbocycles. The molecule has 17 heteroatoms. The van der Waals surface area contributed by atoms with Crippen LogP contribution in [0.4, 0.5) is 28.4 Å². The minimum Gasteiger partial charge on any atom is -0.238 e. The molecule has 0 aliphatic rings. The molecule has 0 atom stereocenters. The summed E-state index contributed by atoms with van der Waals surface area (Å²) in [6.45, 7) is 98.1. The Bertz CT molecular complexity index is 2800. The fourth-order valence-electron chi connectivity index (χ4n) is 5.06. The maximum Gasteiger partial charge on any atom is 0.193 e. The third kappa shape index (κ3) is 42.9. The first-order valence-electron chi connectivity index (χ1n) is 31.6. The van der Waals surface area contributed by atoms with E-state index >= 15 is 0 Å². The maximum atomic E-state index is 9.49. The van der Waals surface area contributed by atoms with Gasteiger partial charge < -0.3 is 24.0 Å². The first-order valence-corrected chi connectivity index (χ1v) is 47.8. The maximum absolute atomic E-state index is 9.49. The largest absolute Gasteiger partial charge is 0.238 e. The number of benzene rings is 5. The quantitative estimate of drug-likeness (QED) is 0.0429. The summed E-state index contributed by atoms with van der Waals surface area (Å²) >= 11 is 1.26. The molecule has 522 valence electrons. The number of rotatable bonds is 1. The summed E-state index contributed by atoms with van der Waals surface area (Å²) in [6, 6.07) is 32.6. The number of hydrogen-bond acceptors (Lipinski definition) is 6. The Labute approximate surface area is 606 Å². The molecule has 0 unspecified atom stereocenters. The van der Waals surface area contributed by atoms with Crippen molar-refractivity contribution in [2.45, 2.75) is 264 Å². The zero-order valence-corrected chi connectivity index (χ0v) is 75.9. The van der Waals surface area contributed by atoms with Gasteiger partial charge in [-0.2, -0.15) is 0 Å². The Kier molecular flexibility index (Phi) is 47.5. The average molecular weight is 1710 g/mol. The minimum atomic E-state index is -1.86. The van der Waals surface area contributed by atoms with Crippen LogP contribution in [0.25, 0.3) is 19.4 Å². The molecule has 0 amide bonds. The van der Waals surface area contributed by atoms with Gasteiger partial charge >= 0.3 is 89.5 Å². The van der Waals surface area contributed by atoms with Gasteiger partial charge in [0.1, 0.15) is 0 Å². The van der Waals surface area contributed by atoms with E-state index in [0.717, 1.165) is 72.9 Å². The van der Waals surface area contributed by atoms with Crippen molar-refractivity contribution in [3.63, 3.8) is 0 Å². The van der Waals surface area contributed by atoms with Gasteiger partial charge in [0.2, 0.25) is 0 Å². The molecular formula is C77H126N5O5Si5W2-. The smallest absolute Gasteiger partial charge is 0.193 e. The van der Waals surface area contributed by atoms with E-state index < -0.39 is 41.6 Å². The normalized spacial score (nSPS) is 11.0. The molecule has 0 radical (unpaired) electrons. The van der Waals surface area contributed by atoms with E-state index in [1.54, 1.807) is 0 Å². The summed E-state index contributed by atoms with van der Waals surface area (Å²) in [6.07, 6.45) is 0. The van der Waals surface area contributed by atoms with Crippen LogP contribution in [0.5, 0.6) is 0 Å². The van der Waals surface area contributed by atoms with Crippen molar-refractivity contribution in [1.82, 2.24) is 0 Å². The van der Waals surface area contributed by atoms with E-state index in [4.69, 9.17) is 26.3 Å². The topological polar surface area (TPSA) is 131 Å². The Balaban J connectivity index is -0.000000230. The number of hydrogen-bond donors (Lipinski definition) is 6. The summed E-state index contributed by atoms with van der Waals surface area (Å²) in [4.78, 5) is 61.1. The fraction of sp³-hybridized carbons (Fsp3) is 0.519. The molecule has 0 spiro atoms. The summed E-state index contributed by atoms with van der Waals surface area (Å²) in [5.41, 5.74) is 15.2. The van der Waals surface area contributed by atoms with Crippen LogP contribution < -0.4 is 5.32 Å². The number of para-hydroxylation sites is 5. The molecule has 0 aliphatic carbocycles. The van der Waals surface area contributed by atoms with Crippen molar-refractivity contribution in [2.75, 3.05) is 5.32 Å². The number of aryl methyl sites for hydroxylation is 10. The van der Waals surface area contributed by atoms with Crippen LogP contribution in [0.3, 0.4) is 0 Å². The van der Waals surface area contributed by atoms with Crippen molar-refractivity contribution < 1.29 is 64.2 Å². The third-order valence-electron chi connectivity index (χ3n) is 17.2. The first-order chi connectivity index (χ1) is 41.5. The van der Waals surface area contributed by atoms with Crippen molar-refractivity contribution in [1.29, 1.82) is 0 Å². The van der Waals surface area contributed by atoms with Crippen molar-refractivity contribution in [2.24, 2.45) is 0 Å². The van der Waals surface area contributed by atoms with Crippen LogP contribution in [0.1, 0.15) is 159 Å². The fourth-order valence-corrected chi connectivity index (χ4v) is 5.24. The average Bonchev–Trinajstić information content (AvgIpc) is 1.91. The molecule has 6 N–H and O–H groups in total. The zero-order chi connectivity index (χ0) is 74.9. The molecule has 0 bridgehead atoms. The van der Waals surface area contributed by atoms with Crippen LogP contribution in [0, 0.1) is 112 Å². The first kappa shape index (κ1) is 101. The van der Waals surface area contributed by atoms with Gasteiger partial charge in [-0.3, -0.25) is 0 Å². The molecule has 5 rings (SSSR count). The molecule has 5 aromatic rings. The molecule has 0 aromatic heterocycles. The van der Waals surface area contributed by atoms with Crippen molar-refractivity contribution in [3.8, 4) is 16.2 Å². The SMILES string of the molecule is CC(C)(C)[Si](C)(C)O.CC(C)(C)[Si](C)(C)O.CC(C)(C)[Si](C)(C)O.CC(C)(C)[Si](C)(C)O.CC(C)(C)[Si](C)(C)O.Cc1cccc(C)c1NC#C[C]#[W-].[C-]#[N+]c1c(C)cccc1C.[C-]#[N+]c1c(C)cccc1C.[C-]#[N+]c1c(C)cccc1C.[C-]#[N+]c1c(C)cccc1C.[W]. The molecule has 0 heterocycles. The van der Waals surface area contributed by atoms with Gasteiger partial charge in [-0.25, -0.2) is 19.4 Å². The van der Waals surface area contributed by atoms with Gasteiger partial charge in [0.25, 0.3) is 0 Å². The summed E-state index contributed by atoms with van der Waals surface area (Å²) in [7, 11) is -9.29. The van der Waals surface area contributed by atoms with Crippen LogP contribution in [0.15, 0.2) is 91.0 Å². The van der Waals surface area contributed by atoms with Crippen LogP contribution in [-0.4, -0.2) is 65.6 Å². The van der Waals surface area contributed by atoms with E-state index in [0.29, 0.717) is 0 Å². The monoisotopic (exact) mass is 1710 g/mol. The molecule has 0 aliphatic heterocycles. The molecule has 94 heavy (non-hydrogen) atoms. The summed E-state index contributed by atoms with van der Waals surface area (Å²) in [5, 5.41) is 3.73. The summed E-state index contributed by atoms with van der Waals surface area (Å²) < 4.78 is 2.84. The van der Waals surface area contributed by atoms with Gasteiger partial charge in [0.15, 0.2) is 64.3 Å². The number of nitrogens with one attached hydrogen (secondary N) is 1. The Hall–Kier alpha value is -4.54. The van der Waals surface area contributed by atoms with E-state index in [1.807, 2.05) is 200 Å². The van der Waals surface area contributed by atoms with Gasteiger partial charge in [-0.05, 0) is 191 Å². The molecule has 5 aromatic carbocycles. The van der Waals surface area contributed by atoms with Crippen LogP contribution in [0.2, 0.25) is 90.7 Å². The van der Waals surface area contributed by atoms with Crippen LogP contribution in [-0.2, 0) is 40.2 Å². The summed E-state index contributed by atoms with van der Waals surface area (Å²) in [5.74, 6) is 2.78. The van der Waals surface area contributed by atoms with E-state index in [-0.39, 0.29) is 46.3 Å². The second-order valence-corrected chi connectivity index (χ2v) is 55.0. The van der Waals surface area contributed by atoms with E-state index in [9.17, 15) is 24.0 Å². The Morgan fingerprint density at radius 3 is 0.543 bits per heavy atom.